The second kappa shape index (κ2) is 8.06. The van der Waals surface area contributed by atoms with E-state index in [9.17, 15) is 0 Å². The van der Waals surface area contributed by atoms with Crippen LogP contribution in [0.4, 0.5) is 0 Å². The molecule has 0 amide bonds. The SMILES string of the molecule is Cc1ccc(SCCN(C)C2CCCCC2CN)cc1. The van der Waals surface area contributed by atoms with Gasteiger partial charge in [-0.3, -0.25) is 0 Å². The van der Waals surface area contributed by atoms with Crippen LogP contribution in [0.1, 0.15) is 31.2 Å². The molecule has 2 unspecified atom stereocenters. The molecule has 20 heavy (non-hydrogen) atoms. The van der Waals surface area contributed by atoms with Gasteiger partial charge in [-0.15, -0.1) is 11.8 Å². The Kier molecular flexibility index (Phi) is 6.40. The van der Waals surface area contributed by atoms with Crippen LogP contribution < -0.4 is 5.73 Å². The van der Waals surface area contributed by atoms with Crippen LogP contribution in [0.15, 0.2) is 29.2 Å². The minimum absolute atomic E-state index is 0.701. The Bertz CT molecular complexity index is 390. The van der Waals surface area contributed by atoms with Crippen molar-refractivity contribution in [1.82, 2.24) is 4.90 Å². The maximum absolute atomic E-state index is 5.93. The highest BCUT2D eigenvalue weighted by atomic mass is 32.2. The fourth-order valence-electron chi connectivity index (χ4n) is 3.15. The van der Waals surface area contributed by atoms with Gasteiger partial charge in [0.15, 0.2) is 0 Å². The van der Waals surface area contributed by atoms with Crippen molar-refractivity contribution in [2.45, 2.75) is 43.5 Å². The molecule has 0 heterocycles. The first kappa shape index (κ1) is 15.9. The Morgan fingerprint density at radius 3 is 2.60 bits per heavy atom. The van der Waals surface area contributed by atoms with Crippen LogP contribution in [0.2, 0.25) is 0 Å². The molecule has 3 heteroatoms. The van der Waals surface area contributed by atoms with Gasteiger partial charge in [-0.25, -0.2) is 0 Å². The largest absolute Gasteiger partial charge is 0.330 e. The summed E-state index contributed by atoms with van der Waals surface area (Å²) in [4.78, 5) is 3.92. The fraction of sp³-hybridized carbons (Fsp3) is 0.647. The van der Waals surface area contributed by atoms with Gasteiger partial charge in [0.2, 0.25) is 0 Å². The zero-order chi connectivity index (χ0) is 14.4. The molecule has 0 saturated heterocycles. The highest BCUT2D eigenvalue weighted by Gasteiger charge is 2.26. The highest BCUT2D eigenvalue weighted by molar-refractivity contribution is 7.99. The normalized spacial score (nSPS) is 23.2. The maximum Gasteiger partial charge on any atom is 0.0133 e. The number of nitrogens with zero attached hydrogens (tertiary/aromatic N) is 1. The Morgan fingerprint density at radius 1 is 1.20 bits per heavy atom. The van der Waals surface area contributed by atoms with E-state index in [0.717, 1.165) is 18.8 Å². The van der Waals surface area contributed by atoms with Crippen molar-refractivity contribution in [2.75, 3.05) is 25.9 Å². The van der Waals surface area contributed by atoms with Crippen LogP contribution in [0.3, 0.4) is 0 Å². The monoisotopic (exact) mass is 292 g/mol. The second-order valence-corrected chi connectivity index (χ2v) is 7.16. The summed E-state index contributed by atoms with van der Waals surface area (Å²) in [7, 11) is 2.27. The molecule has 112 valence electrons. The molecule has 1 aromatic carbocycles. The first-order chi connectivity index (χ1) is 9.70. The second-order valence-electron chi connectivity index (χ2n) is 5.99. The smallest absolute Gasteiger partial charge is 0.0133 e. The summed E-state index contributed by atoms with van der Waals surface area (Å²) in [6.45, 7) is 4.14. The van der Waals surface area contributed by atoms with E-state index in [-0.39, 0.29) is 0 Å². The average molecular weight is 292 g/mol. The van der Waals surface area contributed by atoms with Crippen molar-refractivity contribution in [3.63, 3.8) is 0 Å². The van der Waals surface area contributed by atoms with Crippen LogP contribution >= 0.6 is 11.8 Å². The van der Waals surface area contributed by atoms with Gasteiger partial charge in [0.25, 0.3) is 0 Å². The third-order valence-electron chi connectivity index (χ3n) is 4.47. The zero-order valence-corrected chi connectivity index (χ0v) is 13.7. The molecule has 1 fully saturated rings. The molecule has 2 atom stereocenters. The fourth-order valence-corrected chi connectivity index (χ4v) is 4.09. The molecule has 0 spiro atoms. The van der Waals surface area contributed by atoms with Crippen molar-refractivity contribution in [3.05, 3.63) is 29.8 Å². The van der Waals surface area contributed by atoms with Gasteiger partial charge in [0.05, 0.1) is 0 Å². The van der Waals surface area contributed by atoms with Gasteiger partial charge >= 0.3 is 0 Å². The van der Waals surface area contributed by atoms with Crippen LogP contribution in [0, 0.1) is 12.8 Å². The lowest BCUT2D eigenvalue weighted by Gasteiger charge is -2.37. The summed E-state index contributed by atoms with van der Waals surface area (Å²) in [6, 6.07) is 9.54. The lowest BCUT2D eigenvalue weighted by atomic mass is 9.84. The Labute approximate surface area is 128 Å². The molecule has 1 aliphatic rings. The van der Waals surface area contributed by atoms with E-state index in [0.29, 0.717) is 12.0 Å². The van der Waals surface area contributed by atoms with Gasteiger partial charge < -0.3 is 10.6 Å². The summed E-state index contributed by atoms with van der Waals surface area (Å²) in [5, 5.41) is 0. The van der Waals surface area contributed by atoms with Gasteiger partial charge in [0.1, 0.15) is 0 Å². The van der Waals surface area contributed by atoms with Crippen molar-refractivity contribution < 1.29 is 0 Å². The van der Waals surface area contributed by atoms with Crippen molar-refractivity contribution in [3.8, 4) is 0 Å². The maximum atomic E-state index is 5.93. The number of hydrogen-bond donors (Lipinski definition) is 1. The van der Waals surface area contributed by atoms with Gasteiger partial charge in [0, 0.05) is 23.2 Å². The van der Waals surface area contributed by atoms with Crippen molar-refractivity contribution >= 4 is 11.8 Å². The van der Waals surface area contributed by atoms with E-state index in [1.54, 1.807) is 0 Å². The molecule has 0 aromatic heterocycles. The summed E-state index contributed by atoms with van der Waals surface area (Å²) in [5.41, 5.74) is 7.27. The number of nitrogens with two attached hydrogens (primary N) is 1. The molecule has 1 saturated carbocycles. The zero-order valence-electron chi connectivity index (χ0n) is 12.8. The van der Waals surface area contributed by atoms with E-state index in [4.69, 9.17) is 5.73 Å². The number of thioether (sulfide) groups is 1. The molecular formula is C17H28N2S. The standard InChI is InChI=1S/C17H28N2S/c1-14-7-9-16(10-8-14)20-12-11-19(2)17-6-4-3-5-15(17)13-18/h7-10,15,17H,3-6,11-13,18H2,1-2H3. The Balaban J connectivity index is 1.76. The highest BCUT2D eigenvalue weighted by Crippen LogP contribution is 2.27. The van der Waals surface area contributed by atoms with Crippen LogP contribution in [0.5, 0.6) is 0 Å². The molecule has 2 nitrogen and oxygen atoms in total. The first-order valence-electron chi connectivity index (χ1n) is 7.80. The summed E-state index contributed by atoms with van der Waals surface area (Å²) >= 11 is 1.96. The van der Waals surface area contributed by atoms with E-state index in [2.05, 4.69) is 43.1 Å². The minimum Gasteiger partial charge on any atom is -0.330 e. The average Bonchev–Trinajstić information content (AvgIpc) is 2.49. The van der Waals surface area contributed by atoms with Crippen LogP contribution in [-0.2, 0) is 0 Å². The van der Waals surface area contributed by atoms with Gasteiger partial charge in [-0.2, -0.15) is 0 Å². The number of rotatable bonds is 6. The predicted octanol–water partition coefficient (Wildman–Crippen LogP) is 3.54. The summed E-state index contributed by atoms with van der Waals surface area (Å²) in [6.07, 6.45) is 5.38. The summed E-state index contributed by atoms with van der Waals surface area (Å²) in [5.74, 6) is 1.87. The lowest BCUT2D eigenvalue weighted by molar-refractivity contribution is 0.140. The van der Waals surface area contributed by atoms with E-state index < -0.39 is 0 Å². The third-order valence-corrected chi connectivity index (χ3v) is 5.46. The molecule has 2 N–H and O–H groups in total. The quantitative estimate of drug-likeness (QED) is 0.813. The first-order valence-corrected chi connectivity index (χ1v) is 8.79. The minimum atomic E-state index is 0.701. The molecular weight excluding hydrogens is 264 g/mol. The molecule has 2 rings (SSSR count). The van der Waals surface area contributed by atoms with Gasteiger partial charge in [-0.1, -0.05) is 30.5 Å². The molecule has 1 aromatic rings. The lowest BCUT2D eigenvalue weighted by Crippen LogP contribution is -2.43. The molecule has 1 aliphatic carbocycles. The molecule has 0 aliphatic heterocycles. The van der Waals surface area contributed by atoms with E-state index in [1.807, 2.05) is 11.8 Å². The topological polar surface area (TPSA) is 29.3 Å². The van der Waals surface area contributed by atoms with E-state index in [1.165, 1.54) is 36.1 Å². The van der Waals surface area contributed by atoms with Crippen LogP contribution in [0.25, 0.3) is 0 Å². The third kappa shape index (κ3) is 4.51. The number of benzene rings is 1. The Morgan fingerprint density at radius 2 is 1.90 bits per heavy atom. The predicted molar refractivity (Wildman–Crippen MR) is 89.3 cm³/mol. The van der Waals surface area contributed by atoms with Crippen molar-refractivity contribution in [2.24, 2.45) is 11.7 Å². The van der Waals surface area contributed by atoms with E-state index >= 15 is 0 Å². The van der Waals surface area contributed by atoms with Crippen molar-refractivity contribution in [1.29, 1.82) is 0 Å². The summed E-state index contributed by atoms with van der Waals surface area (Å²) < 4.78 is 0. The molecule has 0 bridgehead atoms. The van der Waals surface area contributed by atoms with Gasteiger partial charge in [-0.05, 0) is 51.4 Å². The molecule has 0 radical (unpaired) electrons. The number of hydrogen-bond acceptors (Lipinski definition) is 3. The van der Waals surface area contributed by atoms with Crippen LogP contribution in [-0.4, -0.2) is 36.8 Å². The number of aryl methyl sites for hydroxylation is 1. The Hall–Kier alpha value is -0.510.